The predicted octanol–water partition coefficient (Wildman–Crippen LogP) is 2.61. The van der Waals surface area contributed by atoms with Crippen LogP contribution in [0.5, 0.6) is 0 Å². The summed E-state index contributed by atoms with van der Waals surface area (Å²) in [6.45, 7) is 1.88. The first-order valence-corrected chi connectivity index (χ1v) is 7.52. The molecule has 2 atom stereocenters. The van der Waals surface area contributed by atoms with Crippen molar-refractivity contribution < 1.29 is 9.18 Å². The Morgan fingerprint density at radius 2 is 2.42 bits per heavy atom. The minimum absolute atomic E-state index is 0.00980. The molecule has 2 unspecified atom stereocenters. The van der Waals surface area contributed by atoms with Crippen molar-refractivity contribution in [2.75, 3.05) is 5.75 Å². The number of carbonyl (C=O) groups excluding carboxylic acids is 1. The summed E-state index contributed by atoms with van der Waals surface area (Å²) >= 11 is 1.52. The quantitative estimate of drug-likeness (QED) is 0.892. The minimum atomic E-state index is -0.197. The molecule has 104 valence electrons. The van der Waals surface area contributed by atoms with E-state index in [0.29, 0.717) is 17.7 Å². The molecule has 1 aromatic carbocycles. The molecule has 0 aromatic heterocycles. The normalized spacial score (nSPS) is 19.6. The smallest absolute Gasteiger partial charge is 0.220 e. The third-order valence-corrected chi connectivity index (χ3v) is 4.35. The number of amides is 1. The maximum absolute atomic E-state index is 13.7. The molecular weight excluding hydrogens is 263 g/mol. The molecule has 1 aromatic rings. The molecule has 1 aliphatic heterocycles. The van der Waals surface area contributed by atoms with Gasteiger partial charge in [-0.15, -0.1) is 11.8 Å². The van der Waals surface area contributed by atoms with Crippen LogP contribution in [0.1, 0.15) is 37.8 Å². The van der Waals surface area contributed by atoms with Crippen molar-refractivity contribution in [1.82, 2.24) is 5.32 Å². The van der Waals surface area contributed by atoms with Crippen LogP contribution in [0.15, 0.2) is 23.1 Å². The Morgan fingerprint density at radius 3 is 3.16 bits per heavy atom. The van der Waals surface area contributed by atoms with Crippen LogP contribution in [0.2, 0.25) is 0 Å². The Kier molecular flexibility index (Phi) is 4.82. The van der Waals surface area contributed by atoms with E-state index in [-0.39, 0.29) is 23.8 Å². The largest absolute Gasteiger partial charge is 0.349 e. The fourth-order valence-electron chi connectivity index (χ4n) is 2.16. The van der Waals surface area contributed by atoms with Gasteiger partial charge in [0.25, 0.3) is 0 Å². The van der Waals surface area contributed by atoms with Gasteiger partial charge in [-0.3, -0.25) is 4.79 Å². The highest BCUT2D eigenvalue weighted by atomic mass is 32.2. The van der Waals surface area contributed by atoms with E-state index in [4.69, 9.17) is 5.73 Å². The van der Waals surface area contributed by atoms with E-state index in [1.807, 2.05) is 13.0 Å². The average Bonchev–Trinajstić information content (AvgIpc) is 2.38. The molecule has 0 bridgehead atoms. The van der Waals surface area contributed by atoms with E-state index in [2.05, 4.69) is 5.32 Å². The van der Waals surface area contributed by atoms with E-state index >= 15 is 0 Å². The molecule has 5 heteroatoms. The maximum atomic E-state index is 13.7. The molecule has 3 N–H and O–H groups in total. The van der Waals surface area contributed by atoms with E-state index in [1.54, 1.807) is 6.07 Å². The number of hydrogen-bond donors (Lipinski definition) is 2. The summed E-state index contributed by atoms with van der Waals surface area (Å²) in [6.07, 6.45) is 1.93. The summed E-state index contributed by atoms with van der Waals surface area (Å²) < 4.78 is 13.7. The molecule has 2 rings (SSSR count). The number of thioether (sulfide) groups is 1. The summed E-state index contributed by atoms with van der Waals surface area (Å²) in [4.78, 5) is 12.5. The van der Waals surface area contributed by atoms with E-state index in [9.17, 15) is 9.18 Å². The summed E-state index contributed by atoms with van der Waals surface area (Å²) in [5.74, 6) is 0.619. The second-order valence-corrected chi connectivity index (χ2v) is 6.04. The number of rotatable bonds is 4. The number of halogens is 1. The van der Waals surface area contributed by atoms with Crippen molar-refractivity contribution in [1.29, 1.82) is 0 Å². The Labute approximate surface area is 117 Å². The van der Waals surface area contributed by atoms with Crippen molar-refractivity contribution >= 4 is 17.7 Å². The molecule has 0 saturated heterocycles. The van der Waals surface area contributed by atoms with Crippen molar-refractivity contribution in [2.45, 2.75) is 43.2 Å². The van der Waals surface area contributed by atoms with Gasteiger partial charge in [-0.25, -0.2) is 4.39 Å². The van der Waals surface area contributed by atoms with Crippen LogP contribution in [0.25, 0.3) is 0 Å². The maximum Gasteiger partial charge on any atom is 0.220 e. The highest BCUT2D eigenvalue weighted by Crippen LogP contribution is 2.37. The fraction of sp³-hybridized carbons (Fsp3) is 0.500. The average molecular weight is 282 g/mol. The lowest BCUT2D eigenvalue weighted by molar-refractivity contribution is -0.122. The lowest BCUT2D eigenvalue weighted by Gasteiger charge is -2.26. The molecule has 0 spiro atoms. The lowest BCUT2D eigenvalue weighted by atomic mass is 10.0. The van der Waals surface area contributed by atoms with Gasteiger partial charge in [-0.2, -0.15) is 0 Å². The number of nitrogens with one attached hydrogen (secondary N) is 1. The van der Waals surface area contributed by atoms with E-state index < -0.39 is 0 Å². The van der Waals surface area contributed by atoms with Crippen molar-refractivity contribution in [2.24, 2.45) is 5.73 Å². The lowest BCUT2D eigenvalue weighted by Crippen LogP contribution is -2.31. The minimum Gasteiger partial charge on any atom is -0.349 e. The molecular formula is C14H19FN2OS. The molecule has 19 heavy (non-hydrogen) atoms. The predicted molar refractivity (Wildman–Crippen MR) is 75.5 cm³/mol. The first kappa shape index (κ1) is 14.3. The molecule has 1 aliphatic rings. The molecule has 3 nitrogen and oxygen atoms in total. The Morgan fingerprint density at radius 1 is 1.63 bits per heavy atom. The third-order valence-electron chi connectivity index (χ3n) is 3.19. The fourth-order valence-corrected chi connectivity index (χ4v) is 3.30. The number of hydrogen-bond acceptors (Lipinski definition) is 3. The van der Waals surface area contributed by atoms with Crippen LogP contribution >= 0.6 is 11.8 Å². The van der Waals surface area contributed by atoms with Crippen LogP contribution in [0, 0.1) is 5.82 Å². The molecule has 0 fully saturated rings. The zero-order valence-electron chi connectivity index (χ0n) is 11.0. The van der Waals surface area contributed by atoms with Gasteiger partial charge >= 0.3 is 0 Å². The number of nitrogens with two attached hydrogens (primary N) is 1. The second kappa shape index (κ2) is 6.39. The number of carbonyl (C=O) groups is 1. The summed E-state index contributed by atoms with van der Waals surface area (Å²) in [5, 5.41) is 2.98. The highest BCUT2D eigenvalue weighted by Gasteiger charge is 2.24. The number of fused-ring (bicyclic) bond motifs is 1. The van der Waals surface area contributed by atoms with Crippen LogP contribution < -0.4 is 11.1 Å². The van der Waals surface area contributed by atoms with Gasteiger partial charge in [0, 0.05) is 23.1 Å². The summed E-state index contributed by atoms with van der Waals surface area (Å²) in [5.41, 5.74) is 6.53. The highest BCUT2D eigenvalue weighted by molar-refractivity contribution is 7.99. The second-order valence-electron chi connectivity index (χ2n) is 4.93. The summed E-state index contributed by atoms with van der Waals surface area (Å²) in [7, 11) is 0. The third kappa shape index (κ3) is 3.70. The van der Waals surface area contributed by atoms with Gasteiger partial charge in [0.05, 0.1) is 6.04 Å². The van der Waals surface area contributed by atoms with Crippen LogP contribution in [0.4, 0.5) is 4.39 Å². The monoisotopic (exact) mass is 282 g/mol. The first-order valence-electron chi connectivity index (χ1n) is 6.54. The Bertz CT molecular complexity index is 465. The van der Waals surface area contributed by atoms with Crippen LogP contribution in [-0.4, -0.2) is 17.7 Å². The zero-order valence-corrected chi connectivity index (χ0v) is 11.8. The van der Waals surface area contributed by atoms with E-state index in [1.165, 1.54) is 17.8 Å². The van der Waals surface area contributed by atoms with Crippen LogP contribution in [-0.2, 0) is 4.79 Å². The van der Waals surface area contributed by atoms with Gasteiger partial charge in [0.1, 0.15) is 5.82 Å². The Balaban J connectivity index is 2.03. The van der Waals surface area contributed by atoms with Gasteiger partial charge in [0.15, 0.2) is 0 Å². The van der Waals surface area contributed by atoms with Gasteiger partial charge < -0.3 is 11.1 Å². The molecule has 0 aliphatic carbocycles. The van der Waals surface area contributed by atoms with Crippen molar-refractivity contribution in [3.63, 3.8) is 0 Å². The van der Waals surface area contributed by atoms with Gasteiger partial charge in [0.2, 0.25) is 5.91 Å². The van der Waals surface area contributed by atoms with Crippen molar-refractivity contribution in [3.05, 3.63) is 29.6 Å². The molecule has 1 heterocycles. The van der Waals surface area contributed by atoms with Gasteiger partial charge in [-0.1, -0.05) is 12.1 Å². The van der Waals surface area contributed by atoms with Crippen LogP contribution in [0.3, 0.4) is 0 Å². The molecule has 0 radical (unpaired) electrons. The zero-order chi connectivity index (χ0) is 13.8. The summed E-state index contributed by atoms with van der Waals surface area (Å²) in [6, 6.07) is 5.00. The first-order chi connectivity index (χ1) is 9.08. The topological polar surface area (TPSA) is 55.1 Å². The standard InChI is InChI=1S/C14H19FN2OS/c1-9(16)5-6-13(18)17-12-7-8-19-14-10(12)3-2-4-11(14)15/h2-4,9,12H,5-8,16H2,1H3,(H,17,18). The molecule has 1 amide bonds. The Hall–Kier alpha value is -1.07. The number of benzene rings is 1. The van der Waals surface area contributed by atoms with Gasteiger partial charge in [-0.05, 0) is 31.4 Å². The van der Waals surface area contributed by atoms with E-state index in [0.717, 1.165) is 17.7 Å². The molecule has 0 saturated carbocycles. The van der Waals surface area contributed by atoms with Crippen molar-refractivity contribution in [3.8, 4) is 0 Å². The SMILES string of the molecule is CC(N)CCC(=O)NC1CCSc2c(F)cccc21.